The van der Waals surface area contributed by atoms with Crippen LogP contribution in [0.4, 0.5) is 0 Å². The molecule has 0 saturated heterocycles. The van der Waals surface area contributed by atoms with Crippen LogP contribution >= 0.6 is 11.8 Å². The number of aromatic nitrogens is 3. The van der Waals surface area contributed by atoms with Crippen molar-refractivity contribution in [1.29, 1.82) is 0 Å². The Morgan fingerprint density at radius 1 is 1.43 bits per heavy atom. The van der Waals surface area contributed by atoms with Crippen LogP contribution in [-0.2, 0) is 13.0 Å². The molecule has 0 fully saturated rings. The Kier molecular flexibility index (Phi) is 4.60. The zero-order valence-electron chi connectivity index (χ0n) is 12.6. The highest BCUT2D eigenvalue weighted by molar-refractivity contribution is 7.99. The fourth-order valence-electron chi connectivity index (χ4n) is 3.01. The zero-order valence-corrected chi connectivity index (χ0v) is 13.4. The molecule has 4 nitrogen and oxygen atoms in total. The Bertz CT molecular complexity index is 595. The molecule has 1 aromatic heterocycles. The van der Waals surface area contributed by atoms with E-state index in [9.17, 15) is 0 Å². The third-order valence-electron chi connectivity index (χ3n) is 4.13. The molecule has 1 N–H and O–H groups in total. The van der Waals surface area contributed by atoms with Gasteiger partial charge in [0.1, 0.15) is 12.2 Å². The van der Waals surface area contributed by atoms with E-state index in [1.807, 2.05) is 16.4 Å². The number of hydrogen-bond acceptors (Lipinski definition) is 4. The topological polar surface area (TPSA) is 42.7 Å². The fourth-order valence-corrected chi connectivity index (χ4v) is 4.34. The van der Waals surface area contributed by atoms with Gasteiger partial charge in [-0.1, -0.05) is 25.1 Å². The standard InChI is InChI=1S/C16H22N4S/c1-3-8-20-16(18-11-19-20)9-14(17-2)13-10-21-15-7-5-4-6-12(13)15/h4-7,11,13-14,17H,3,8-10H2,1-2H3. The van der Waals surface area contributed by atoms with E-state index in [-0.39, 0.29) is 0 Å². The second kappa shape index (κ2) is 6.62. The van der Waals surface area contributed by atoms with Crippen LogP contribution in [0.2, 0.25) is 0 Å². The van der Waals surface area contributed by atoms with Gasteiger partial charge < -0.3 is 5.32 Å². The maximum Gasteiger partial charge on any atom is 0.138 e. The van der Waals surface area contributed by atoms with E-state index in [1.54, 1.807) is 6.33 Å². The maximum atomic E-state index is 4.45. The van der Waals surface area contributed by atoms with Crippen molar-refractivity contribution < 1.29 is 0 Å². The van der Waals surface area contributed by atoms with E-state index in [2.05, 4.69) is 53.6 Å². The summed E-state index contributed by atoms with van der Waals surface area (Å²) in [5.41, 5.74) is 1.48. The lowest BCUT2D eigenvalue weighted by atomic mass is 9.91. The number of benzene rings is 1. The molecule has 2 unspecified atom stereocenters. The number of hydrogen-bond donors (Lipinski definition) is 1. The third-order valence-corrected chi connectivity index (χ3v) is 5.34. The average molecular weight is 302 g/mol. The predicted octanol–water partition coefficient (Wildman–Crippen LogP) is 2.71. The minimum Gasteiger partial charge on any atom is -0.316 e. The molecule has 3 rings (SSSR count). The number of thioether (sulfide) groups is 1. The van der Waals surface area contributed by atoms with E-state index in [1.165, 1.54) is 10.5 Å². The van der Waals surface area contributed by atoms with Crippen LogP contribution in [0.3, 0.4) is 0 Å². The van der Waals surface area contributed by atoms with Gasteiger partial charge in [0.05, 0.1) is 0 Å². The van der Waals surface area contributed by atoms with Crippen LogP contribution in [0, 0.1) is 0 Å². The van der Waals surface area contributed by atoms with Crippen molar-refractivity contribution in [3.8, 4) is 0 Å². The second-order valence-electron chi connectivity index (χ2n) is 5.45. The van der Waals surface area contributed by atoms with Gasteiger partial charge in [-0.25, -0.2) is 4.98 Å². The highest BCUT2D eigenvalue weighted by atomic mass is 32.2. The Morgan fingerprint density at radius 2 is 2.29 bits per heavy atom. The quantitative estimate of drug-likeness (QED) is 0.891. The summed E-state index contributed by atoms with van der Waals surface area (Å²) < 4.78 is 2.04. The number of fused-ring (bicyclic) bond motifs is 1. The molecule has 2 atom stereocenters. The summed E-state index contributed by atoms with van der Waals surface area (Å²) in [6.45, 7) is 3.12. The molecule has 0 aliphatic carbocycles. The highest BCUT2D eigenvalue weighted by Gasteiger charge is 2.30. The van der Waals surface area contributed by atoms with Gasteiger partial charge in [0.2, 0.25) is 0 Å². The molecule has 1 aromatic carbocycles. The lowest BCUT2D eigenvalue weighted by molar-refractivity contribution is 0.458. The van der Waals surface area contributed by atoms with E-state index < -0.39 is 0 Å². The lowest BCUT2D eigenvalue weighted by Crippen LogP contribution is -2.35. The van der Waals surface area contributed by atoms with Gasteiger partial charge in [0, 0.05) is 35.6 Å². The van der Waals surface area contributed by atoms with E-state index in [0.29, 0.717) is 12.0 Å². The van der Waals surface area contributed by atoms with Gasteiger partial charge in [-0.3, -0.25) is 4.68 Å². The van der Waals surface area contributed by atoms with E-state index >= 15 is 0 Å². The van der Waals surface area contributed by atoms with Gasteiger partial charge in [-0.2, -0.15) is 5.10 Å². The molecule has 0 bridgehead atoms. The van der Waals surface area contributed by atoms with E-state index in [4.69, 9.17) is 0 Å². The summed E-state index contributed by atoms with van der Waals surface area (Å²) in [6.07, 6.45) is 3.69. The van der Waals surface area contributed by atoms with Crippen molar-refractivity contribution in [2.75, 3.05) is 12.8 Å². The monoisotopic (exact) mass is 302 g/mol. The van der Waals surface area contributed by atoms with Crippen molar-refractivity contribution in [2.45, 2.75) is 43.2 Å². The number of nitrogens with one attached hydrogen (secondary N) is 1. The van der Waals surface area contributed by atoms with Gasteiger partial charge in [-0.05, 0) is 25.1 Å². The molecule has 21 heavy (non-hydrogen) atoms. The van der Waals surface area contributed by atoms with Gasteiger partial charge in [-0.15, -0.1) is 11.8 Å². The average Bonchev–Trinajstić information content (AvgIpc) is 3.12. The summed E-state index contributed by atoms with van der Waals surface area (Å²) in [6, 6.07) is 9.17. The zero-order chi connectivity index (χ0) is 14.7. The largest absolute Gasteiger partial charge is 0.316 e. The predicted molar refractivity (Wildman–Crippen MR) is 86.8 cm³/mol. The maximum absolute atomic E-state index is 4.45. The van der Waals surface area contributed by atoms with Gasteiger partial charge in [0.15, 0.2) is 0 Å². The second-order valence-corrected chi connectivity index (χ2v) is 6.52. The van der Waals surface area contributed by atoms with Crippen molar-refractivity contribution in [1.82, 2.24) is 20.1 Å². The molecule has 1 aliphatic rings. The molecular weight excluding hydrogens is 280 g/mol. The normalized spacial score (nSPS) is 18.7. The molecule has 112 valence electrons. The van der Waals surface area contributed by atoms with Crippen molar-refractivity contribution >= 4 is 11.8 Å². The number of likely N-dealkylation sites (N-methyl/N-ethyl adjacent to an activating group) is 1. The number of nitrogens with zero attached hydrogens (tertiary/aromatic N) is 3. The summed E-state index contributed by atoms with van der Waals surface area (Å²) >= 11 is 1.96. The smallest absolute Gasteiger partial charge is 0.138 e. The van der Waals surface area contributed by atoms with Gasteiger partial charge in [0.25, 0.3) is 0 Å². The Labute approximate surface area is 130 Å². The Balaban J connectivity index is 1.79. The van der Waals surface area contributed by atoms with Crippen LogP contribution in [0.1, 0.15) is 30.7 Å². The van der Waals surface area contributed by atoms with Crippen molar-refractivity contribution in [3.05, 3.63) is 42.0 Å². The van der Waals surface area contributed by atoms with Crippen LogP contribution < -0.4 is 5.32 Å². The molecule has 0 radical (unpaired) electrons. The first-order valence-electron chi connectivity index (χ1n) is 7.59. The molecule has 2 aromatic rings. The van der Waals surface area contributed by atoms with Crippen LogP contribution in [0.15, 0.2) is 35.5 Å². The first-order chi connectivity index (χ1) is 10.3. The lowest BCUT2D eigenvalue weighted by Gasteiger charge is -2.23. The van der Waals surface area contributed by atoms with Crippen molar-refractivity contribution in [3.63, 3.8) is 0 Å². The Hall–Kier alpha value is -1.33. The first kappa shape index (κ1) is 14.6. The minimum absolute atomic E-state index is 0.404. The molecule has 0 saturated carbocycles. The molecule has 5 heteroatoms. The molecule has 0 amide bonds. The summed E-state index contributed by atoms with van der Waals surface area (Å²) in [4.78, 5) is 5.88. The highest BCUT2D eigenvalue weighted by Crippen LogP contribution is 2.41. The summed E-state index contributed by atoms with van der Waals surface area (Å²) in [7, 11) is 2.05. The van der Waals surface area contributed by atoms with Crippen molar-refractivity contribution in [2.24, 2.45) is 0 Å². The summed E-state index contributed by atoms with van der Waals surface area (Å²) in [5, 5.41) is 7.83. The first-order valence-corrected chi connectivity index (χ1v) is 8.57. The van der Waals surface area contributed by atoms with Crippen LogP contribution in [0.5, 0.6) is 0 Å². The fraction of sp³-hybridized carbons (Fsp3) is 0.500. The molecular formula is C16H22N4S. The number of aryl methyl sites for hydroxylation is 1. The Morgan fingerprint density at radius 3 is 3.10 bits per heavy atom. The minimum atomic E-state index is 0.404. The van der Waals surface area contributed by atoms with Crippen LogP contribution in [0.25, 0.3) is 0 Å². The van der Waals surface area contributed by atoms with Crippen LogP contribution in [-0.4, -0.2) is 33.6 Å². The van der Waals surface area contributed by atoms with E-state index in [0.717, 1.165) is 31.0 Å². The SMILES string of the molecule is CCCn1ncnc1CC(NC)C1CSc2ccccc21. The van der Waals surface area contributed by atoms with Gasteiger partial charge >= 0.3 is 0 Å². The number of rotatable bonds is 6. The molecule has 2 heterocycles. The molecule has 1 aliphatic heterocycles. The molecule has 0 spiro atoms. The third kappa shape index (κ3) is 2.99. The summed E-state index contributed by atoms with van der Waals surface area (Å²) in [5.74, 6) is 2.78.